The Morgan fingerprint density at radius 2 is 1.50 bits per heavy atom. The number of nitrogens with zero attached hydrogens (tertiary/aromatic N) is 5. The van der Waals surface area contributed by atoms with Crippen LogP contribution in [0.15, 0.2) is 24.4 Å². The number of anilines is 2. The van der Waals surface area contributed by atoms with Gasteiger partial charge in [-0.25, -0.2) is 9.78 Å². The number of nitrogens with one attached hydrogen (secondary N) is 2. The van der Waals surface area contributed by atoms with Crippen molar-refractivity contribution in [3.8, 4) is 0 Å². The highest BCUT2D eigenvalue weighted by atomic mass is 19.4. The van der Waals surface area contributed by atoms with Crippen molar-refractivity contribution in [3.05, 3.63) is 46.8 Å². The number of carbonyl (C=O) groups excluding carboxylic acids is 2. The Hall–Kier alpha value is -3.88. The number of halogens is 6. The van der Waals surface area contributed by atoms with Gasteiger partial charge in [0.25, 0.3) is 5.91 Å². The fourth-order valence-electron chi connectivity index (χ4n) is 4.28. The number of alkyl halides is 6. The molecule has 3 amide bonds. The van der Waals surface area contributed by atoms with Crippen LogP contribution in [0.1, 0.15) is 27.2 Å². The van der Waals surface area contributed by atoms with Crippen molar-refractivity contribution < 1.29 is 35.9 Å². The van der Waals surface area contributed by atoms with Crippen LogP contribution in [0.3, 0.4) is 0 Å². The molecule has 0 spiro atoms. The summed E-state index contributed by atoms with van der Waals surface area (Å²) in [7, 11) is 3.64. The van der Waals surface area contributed by atoms with Crippen molar-refractivity contribution in [2.45, 2.75) is 19.3 Å². The number of aryl methyl sites for hydroxylation is 2. The van der Waals surface area contributed by atoms with Gasteiger partial charge in [-0.15, -0.1) is 0 Å². The van der Waals surface area contributed by atoms with Gasteiger partial charge in [-0.1, -0.05) is 0 Å². The van der Waals surface area contributed by atoms with Gasteiger partial charge in [0.1, 0.15) is 0 Å². The predicted octanol–water partition coefficient (Wildman–Crippen LogP) is 4.03. The summed E-state index contributed by atoms with van der Waals surface area (Å²) in [6, 6.07) is -0.675. The first kappa shape index (κ1) is 27.2. The zero-order valence-corrected chi connectivity index (χ0v) is 20.5. The molecule has 1 aliphatic rings. The molecule has 204 valence electrons. The van der Waals surface area contributed by atoms with E-state index in [2.05, 4.69) is 15.0 Å². The zero-order chi connectivity index (χ0) is 28.0. The predicted molar refractivity (Wildman–Crippen MR) is 126 cm³/mol. The second kappa shape index (κ2) is 9.78. The third kappa shape index (κ3) is 5.51. The summed E-state index contributed by atoms with van der Waals surface area (Å²) >= 11 is 0. The summed E-state index contributed by atoms with van der Waals surface area (Å²) in [6.07, 6.45) is -8.93. The summed E-state index contributed by atoms with van der Waals surface area (Å²) in [5.41, 5.74) is -2.41. The minimum Gasteiger partial charge on any atom is -0.368 e. The van der Waals surface area contributed by atoms with E-state index in [1.807, 2.05) is 22.6 Å². The van der Waals surface area contributed by atoms with Crippen LogP contribution in [-0.4, -0.2) is 64.8 Å². The van der Waals surface area contributed by atoms with E-state index in [-0.39, 0.29) is 11.6 Å². The highest BCUT2D eigenvalue weighted by molar-refractivity contribution is 6.13. The number of imide groups is 1. The van der Waals surface area contributed by atoms with E-state index in [0.717, 1.165) is 0 Å². The van der Waals surface area contributed by atoms with E-state index in [9.17, 15) is 35.9 Å². The Balaban J connectivity index is 1.65. The molecule has 38 heavy (non-hydrogen) atoms. The van der Waals surface area contributed by atoms with Gasteiger partial charge in [0.15, 0.2) is 5.65 Å². The average molecular weight is 543 g/mol. The molecule has 1 aromatic carbocycles. The number of urea groups is 1. The molecule has 1 aliphatic heterocycles. The van der Waals surface area contributed by atoms with Crippen LogP contribution in [0, 0.1) is 6.92 Å². The molecular weight excluding hydrogens is 520 g/mol. The van der Waals surface area contributed by atoms with E-state index in [1.54, 1.807) is 18.7 Å². The smallest absolute Gasteiger partial charge is 0.368 e. The monoisotopic (exact) mass is 543 g/mol. The first-order valence-electron chi connectivity index (χ1n) is 11.3. The molecule has 3 heterocycles. The van der Waals surface area contributed by atoms with E-state index in [4.69, 9.17) is 0 Å². The van der Waals surface area contributed by atoms with Gasteiger partial charge >= 0.3 is 18.4 Å². The molecule has 0 bridgehead atoms. The number of pyridine rings is 1. The Bertz CT molecular complexity index is 1360. The van der Waals surface area contributed by atoms with Crippen molar-refractivity contribution in [2.24, 2.45) is 7.05 Å². The van der Waals surface area contributed by atoms with E-state index < -0.39 is 41.1 Å². The maximum atomic E-state index is 13.2. The summed E-state index contributed by atoms with van der Waals surface area (Å²) < 4.78 is 80.4. The number of hydrogen-bond acceptors (Lipinski definition) is 6. The molecule has 3 aromatic rings. The topological polar surface area (TPSA) is 95.4 Å². The molecule has 9 nitrogen and oxygen atoms in total. The Morgan fingerprint density at radius 1 is 0.921 bits per heavy atom. The van der Waals surface area contributed by atoms with Gasteiger partial charge < -0.3 is 15.1 Å². The lowest BCUT2D eigenvalue weighted by molar-refractivity contribution is -0.143. The minimum absolute atomic E-state index is 0.00771. The molecule has 0 unspecified atom stereocenters. The molecule has 4 rings (SSSR count). The number of likely N-dealkylation sites (N-methyl/N-ethyl adjacent to an activating group) is 1. The highest BCUT2D eigenvalue weighted by Crippen LogP contribution is 2.37. The Kier molecular flexibility index (Phi) is 6.99. The van der Waals surface area contributed by atoms with Crippen molar-refractivity contribution in [3.63, 3.8) is 0 Å². The lowest BCUT2D eigenvalue weighted by Gasteiger charge is -2.35. The third-order valence-corrected chi connectivity index (χ3v) is 6.14. The van der Waals surface area contributed by atoms with Crippen LogP contribution in [0.2, 0.25) is 0 Å². The third-order valence-electron chi connectivity index (χ3n) is 6.14. The number of aromatic nitrogens is 3. The molecule has 0 atom stereocenters. The lowest BCUT2D eigenvalue weighted by atomic mass is 10.1. The van der Waals surface area contributed by atoms with Gasteiger partial charge in [-0.3, -0.25) is 14.8 Å². The molecule has 0 saturated carbocycles. The summed E-state index contributed by atoms with van der Waals surface area (Å²) in [6.45, 7) is 4.25. The van der Waals surface area contributed by atoms with Crippen LogP contribution in [0.4, 0.5) is 42.5 Å². The summed E-state index contributed by atoms with van der Waals surface area (Å²) in [5.74, 6) is -0.933. The molecule has 1 saturated heterocycles. The fourth-order valence-corrected chi connectivity index (χ4v) is 4.28. The van der Waals surface area contributed by atoms with E-state index in [1.165, 1.54) is 6.20 Å². The zero-order valence-electron chi connectivity index (χ0n) is 20.5. The maximum absolute atomic E-state index is 13.2. The fraction of sp³-hybridized carbons (Fsp3) is 0.391. The van der Waals surface area contributed by atoms with Crippen LogP contribution in [-0.2, 0) is 19.4 Å². The van der Waals surface area contributed by atoms with Crippen molar-refractivity contribution in [2.75, 3.05) is 43.4 Å². The number of rotatable bonds is 3. The molecular formula is C23H23F6N7O2. The Morgan fingerprint density at radius 3 is 2.05 bits per heavy atom. The largest absolute Gasteiger partial charge is 0.416 e. The number of piperazine rings is 1. The molecule has 0 aliphatic carbocycles. The quantitative estimate of drug-likeness (QED) is 0.485. The van der Waals surface area contributed by atoms with Crippen LogP contribution in [0.25, 0.3) is 11.0 Å². The van der Waals surface area contributed by atoms with Gasteiger partial charge in [0, 0.05) is 45.1 Å². The van der Waals surface area contributed by atoms with Crippen LogP contribution >= 0.6 is 0 Å². The molecule has 0 radical (unpaired) electrons. The van der Waals surface area contributed by atoms with Crippen molar-refractivity contribution in [1.29, 1.82) is 0 Å². The normalized spacial score (nSPS) is 15.1. The minimum atomic E-state index is -5.09. The molecule has 2 aromatic heterocycles. The summed E-state index contributed by atoms with van der Waals surface area (Å²) in [5, 5.41) is 8.83. The number of hydrogen-bond donors (Lipinski definition) is 2. The van der Waals surface area contributed by atoms with Crippen LogP contribution < -0.4 is 15.5 Å². The number of benzene rings is 1. The van der Waals surface area contributed by atoms with Gasteiger partial charge in [0.2, 0.25) is 0 Å². The van der Waals surface area contributed by atoms with Crippen LogP contribution in [0.5, 0.6) is 0 Å². The molecule has 1 fully saturated rings. The average Bonchev–Trinajstić information content (AvgIpc) is 3.11. The van der Waals surface area contributed by atoms with E-state index >= 15 is 0 Å². The first-order valence-corrected chi connectivity index (χ1v) is 11.3. The SMILES string of the molecule is Cc1nn(C)c2ncc(C(=O)NC(=O)Nc3cc(C(F)(F)F)cc(C(F)(F)F)c3)c(N3CCN(C)CC3)c12. The second-order valence-corrected chi connectivity index (χ2v) is 8.92. The maximum Gasteiger partial charge on any atom is 0.416 e. The summed E-state index contributed by atoms with van der Waals surface area (Å²) in [4.78, 5) is 34.0. The van der Waals surface area contributed by atoms with Gasteiger partial charge in [-0.2, -0.15) is 31.4 Å². The number of amides is 3. The highest BCUT2D eigenvalue weighted by Gasteiger charge is 2.37. The first-order chi connectivity index (χ1) is 17.6. The van der Waals surface area contributed by atoms with Crippen molar-refractivity contribution >= 4 is 34.3 Å². The molecule has 15 heteroatoms. The number of carbonyl (C=O) groups is 2. The van der Waals surface area contributed by atoms with Gasteiger partial charge in [0.05, 0.1) is 33.5 Å². The lowest BCUT2D eigenvalue weighted by Crippen LogP contribution is -2.45. The second-order valence-electron chi connectivity index (χ2n) is 8.92. The number of fused-ring (bicyclic) bond motifs is 1. The van der Waals surface area contributed by atoms with Crippen molar-refractivity contribution in [1.82, 2.24) is 25.0 Å². The standard InChI is InChI=1S/C23H23F6N7O2/c1-12-17-18(36-6-4-34(2)5-7-36)16(11-30-19(17)35(3)33-12)20(37)32-21(38)31-15-9-13(22(24,25)26)8-14(10-15)23(27,28)29/h8-11H,4-7H2,1-3H3,(H2,31,32,37,38). The molecule has 2 N–H and O–H groups in total. The Labute approximate surface area is 212 Å². The van der Waals surface area contributed by atoms with Gasteiger partial charge in [-0.05, 0) is 32.2 Å². The van der Waals surface area contributed by atoms with E-state index in [0.29, 0.717) is 60.7 Å².